The predicted molar refractivity (Wildman–Crippen MR) is 96.9 cm³/mol. The first kappa shape index (κ1) is 18.5. The molecule has 0 spiro atoms. The zero-order valence-electron chi connectivity index (χ0n) is 14.6. The number of hydrogen-bond donors (Lipinski definition) is 0. The molecule has 0 aromatic heterocycles. The van der Waals surface area contributed by atoms with Crippen LogP contribution in [0.5, 0.6) is 0 Å². The van der Waals surface area contributed by atoms with Gasteiger partial charge in [0.1, 0.15) is 5.82 Å². The molecule has 1 amide bonds. The van der Waals surface area contributed by atoms with E-state index < -0.39 is 15.8 Å². The molecule has 7 heteroatoms. The Hall–Kier alpha value is -2.25. The van der Waals surface area contributed by atoms with Gasteiger partial charge in [-0.2, -0.15) is 4.31 Å². The SMILES string of the molecule is CCc1ccc(C(=O)N2CCN(S(=O)(=O)c3cccc(F)c3)CC2)cc1. The smallest absolute Gasteiger partial charge is 0.253 e. The van der Waals surface area contributed by atoms with Crippen LogP contribution < -0.4 is 0 Å². The van der Waals surface area contributed by atoms with E-state index >= 15 is 0 Å². The number of amides is 1. The van der Waals surface area contributed by atoms with Crippen molar-refractivity contribution < 1.29 is 17.6 Å². The third-order valence-corrected chi connectivity index (χ3v) is 6.46. The molecule has 1 heterocycles. The van der Waals surface area contributed by atoms with Gasteiger partial charge in [0.2, 0.25) is 10.0 Å². The number of halogens is 1. The lowest BCUT2D eigenvalue weighted by Crippen LogP contribution is -2.50. The average Bonchev–Trinajstić information content (AvgIpc) is 2.67. The lowest BCUT2D eigenvalue weighted by molar-refractivity contribution is 0.0698. The Morgan fingerprint density at radius 3 is 2.27 bits per heavy atom. The standard InChI is InChI=1S/C19H21FN2O3S/c1-2-15-6-8-16(9-7-15)19(23)21-10-12-22(13-11-21)26(24,25)18-5-3-4-17(20)14-18/h3-9,14H,2,10-13H2,1H3. The van der Waals surface area contributed by atoms with Crippen LogP contribution in [-0.2, 0) is 16.4 Å². The van der Waals surface area contributed by atoms with Crippen molar-refractivity contribution in [3.8, 4) is 0 Å². The highest BCUT2D eigenvalue weighted by Gasteiger charge is 2.30. The van der Waals surface area contributed by atoms with Crippen molar-refractivity contribution in [3.63, 3.8) is 0 Å². The van der Waals surface area contributed by atoms with Gasteiger partial charge in [-0.3, -0.25) is 4.79 Å². The Kier molecular flexibility index (Phi) is 5.38. The van der Waals surface area contributed by atoms with E-state index in [1.807, 2.05) is 12.1 Å². The van der Waals surface area contributed by atoms with Gasteiger partial charge in [-0.25, -0.2) is 12.8 Å². The number of aryl methyl sites for hydroxylation is 1. The van der Waals surface area contributed by atoms with E-state index in [-0.39, 0.29) is 23.9 Å². The summed E-state index contributed by atoms with van der Waals surface area (Å²) in [5, 5.41) is 0. The van der Waals surface area contributed by atoms with Gasteiger partial charge < -0.3 is 4.90 Å². The summed E-state index contributed by atoms with van der Waals surface area (Å²) in [6, 6.07) is 12.4. The number of carbonyl (C=O) groups is 1. The summed E-state index contributed by atoms with van der Waals surface area (Å²) in [5.41, 5.74) is 1.76. The van der Waals surface area contributed by atoms with Crippen molar-refractivity contribution in [1.82, 2.24) is 9.21 Å². The van der Waals surface area contributed by atoms with Crippen molar-refractivity contribution >= 4 is 15.9 Å². The minimum Gasteiger partial charge on any atom is -0.336 e. The maximum atomic E-state index is 13.3. The number of hydrogen-bond acceptors (Lipinski definition) is 3. The summed E-state index contributed by atoms with van der Waals surface area (Å²) in [6.45, 7) is 3.05. The second-order valence-electron chi connectivity index (χ2n) is 6.20. The fraction of sp³-hybridized carbons (Fsp3) is 0.316. The molecule has 0 aliphatic carbocycles. The number of nitrogens with zero attached hydrogens (tertiary/aromatic N) is 2. The van der Waals surface area contributed by atoms with Gasteiger partial charge in [0, 0.05) is 31.7 Å². The van der Waals surface area contributed by atoms with E-state index in [0.717, 1.165) is 18.1 Å². The summed E-state index contributed by atoms with van der Waals surface area (Å²) in [6.07, 6.45) is 0.908. The quantitative estimate of drug-likeness (QED) is 0.824. The van der Waals surface area contributed by atoms with E-state index in [0.29, 0.717) is 18.7 Å². The van der Waals surface area contributed by atoms with Crippen LogP contribution in [0.1, 0.15) is 22.8 Å². The lowest BCUT2D eigenvalue weighted by atomic mass is 10.1. The highest BCUT2D eigenvalue weighted by atomic mass is 32.2. The maximum Gasteiger partial charge on any atom is 0.253 e. The Labute approximate surface area is 153 Å². The fourth-order valence-corrected chi connectivity index (χ4v) is 4.43. The molecule has 0 saturated carbocycles. The number of benzene rings is 2. The number of carbonyl (C=O) groups excluding carboxylic acids is 1. The monoisotopic (exact) mass is 376 g/mol. The largest absolute Gasteiger partial charge is 0.336 e. The molecule has 1 aliphatic rings. The molecule has 138 valence electrons. The van der Waals surface area contributed by atoms with Crippen LogP contribution >= 0.6 is 0 Å². The zero-order valence-corrected chi connectivity index (χ0v) is 15.4. The first-order valence-electron chi connectivity index (χ1n) is 8.56. The van der Waals surface area contributed by atoms with Crippen molar-refractivity contribution in [2.24, 2.45) is 0 Å². The minimum atomic E-state index is -3.75. The summed E-state index contributed by atoms with van der Waals surface area (Å²) < 4.78 is 39.9. The minimum absolute atomic E-state index is 0.0626. The van der Waals surface area contributed by atoms with Crippen LogP contribution in [0, 0.1) is 5.82 Å². The molecule has 2 aromatic carbocycles. The van der Waals surface area contributed by atoms with Gasteiger partial charge in [0.05, 0.1) is 4.90 Å². The summed E-state index contributed by atoms with van der Waals surface area (Å²) in [5.74, 6) is -0.689. The van der Waals surface area contributed by atoms with Crippen LogP contribution in [-0.4, -0.2) is 49.7 Å². The summed E-state index contributed by atoms with van der Waals surface area (Å²) in [4.78, 5) is 14.2. The predicted octanol–water partition coefficient (Wildman–Crippen LogP) is 2.53. The van der Waals surface area contributed by atoms with E-state index in [4.69, 9.17) is 0 Å². The molecule has 1 saturated heterocycles. The van der Waals surface area contributed by atoms with E-state index in [1.54, 1.807) is 17.0 Å². The first-order chi connectivity index (χ1) is 12.4. The molecule has 0 N–H and O–H groups in total. The lowest BCUT2D eigenvalue weighted by Gasteiger charge is -2.34. The van der Waals surface area contributed by atoms with Crippen LogP contribution in [0.25, 0.3) is 0 Å². The first-order valence-corrected chi connectivity index (χ1v) is 10.00. The highest BCUT2D eigenvalue weighted by molar-refractivity contribution is 7.89. The van der Waals surface area contributed by atoms with Crippen LogP contribution in [0.4, 0.5) is 4.39 Å². The Bertz CT molecular complexity index is 889. The highest BCUT2D eigenvalue weighted by Crippen LogP contribution is 2.19. The van der Waals surface area contributed by atoms with Crippen molar-refractivity contribution in [2.45, 2.75) is 18.2 Å². The average molecular weight is 376 g/mol. The number of piperazine rings is 1. The molecule has 2 aromatic rings. The molecular weight excluding hydrogens is 355 g/mol. The number of sulfonamides is 1. The van der Waals surface area contributed by atoms with Gasteiger partial charge >= 0.3 is 0 Å². The molecule has 0 radical (unpaired) electrons. The van der Waals surface area contributed by atoms with E-state index in [9.17, 15) is 17.6 Å². The molecule has 0 atom stereocenters. The van der Waals surface area contributed by atoms with E-state index in [1.165, 1.54) is 22.5 Å². The normalized spacial score (nSPS) is 15.8. The molecule has 3 rings (SSSR count). The van der Waals surface area contributed by atoms with Gasteiger partial charge in [0.25, 0.3) is 5.91 Å². The Morgan fingerprint density at radius 2 is 1.69 bits per heavy atom. The topological polar surface area (TPSA) is 57.7 Å². The van der Waals surface area contributed by atoms with Gasteiger partial charge in [-0.15, -0.1) is 0 Å². The van der Waals surface area contributed by atoms with Gasteiger partial charge in [-0.05, 0) is 42.3 Å². The van der Waals surface area contributed by atoms with Gasteiger partial charge in [0.15, 0.2) is 0 Å². The molecule has 0 unspecified atom stereocenters. The van der Waals surface area contributed by atoms with Crippen LogP contribution in [0.15, 0.2) is 53.4 Å². The Balaban J connectivity index is 1.67. The van der Waals surface area contributed by atoms with Crippen LogP contribution in [0.3, 0.4) is 0 Å². The molecule has 5 nitrogen and oxygen atoms in total. The molecular formula is C19H21FN2O3S. The van der Waals surface area contributed by atoms with E-state index in [2.05, 4.69) is 6.92 Å². The molecule has 0 bridgehead atoms. The second-order valence-corrected chi connectivity index (χ2v) is 8.14. The van der Waals surface area contributed by atoms with Gasteiger partial charge in [-0.1, -0.05) is 25.1 Å². The fourth-order valence-electron chi connectivity index (χ4n) is 2.97. The third kappa shape index (κ3) is 3.78. The zero-order chi connectivity index (χ0) is 18.7. The second kappa shape index (κ2) is 7.55. The van der Waals surface area contributed by atoms with Crippen molar-refractivity contribution in [2.75, 3.05) is 26.2 Å². The summed E-state index contributed by atoms with van der Waals surface area (Å²) in [7, 11) is -3.75. The molecule has 1 fully saturated rings. The molecule has 26 heavy (non-hydrogen) atoms. The van der Waals surface area contributed by atoms with Crippen molar-refractivity contribution in [1.29, 1.82) is 0 Å². The number of rotatable bonds is 4. The third-order valence-electron chi connectivity index (χ3n) is 4.57. The molecule has 1 aliphatic heterocycles. The van der Waals surface area contributed by atoms with Crippen LogP contribution in [0.2, 0.25) is 0 Å². The maximum absolute atomic E-state index is 13.3. The van der Waals surface area contributed by atoms with Crippen molar-refractivity contribution in [3.05, 3.63) is 65.5 Å². The Morgan fingerprint density at radius 1 is 1.04 bits per heavy atom. The summed E-state index contributed by atoms with van der Waals surface area (Å²) >= 11 is 0.